The Morgan fingerprint density at radius 2 is 2.27 bits per heavy atom. The summed E-state index contributed by atoms with van der Waals surface area (Å²) >= 11 is 0. The van der Waals surface area contributed by atoms with Crippen molar-refractivity contribution in [1.29, 1.82) is 0 Å². The van der Waals surface area contributed by atoms with Gasteiger partial charge in [0.2, 0.25) is 0 Å². The fraction of sp³-hybridized carbons (Fsp3) is 0.471. The van der Waals surface area contributed by atoms with Gasteiger partial charge in [-0.1, -0.05) is 0 Å². The van der Waals surface area contributed by atoms with E-state index in [4.69, 9.17) is 0 Å². The average Bonchev–Trinajstić information content (AvgIpc) is 3.33. The number of aryl methyl sites for hydroxylation is 2. The van der Waals surface area contributed by atoms with Crippen molar-refractivity contribution in [3.8, 4) is 0 Å². The summed E-state index contributed by atoms with van der Waals surface area (Å²) in [5, 5.41) is 4.62. The summed E-state index contributed by atoms with van der Waals surface area (Å²) in [4.78, 5) is 19.3. The largest absolute Gasteiger partial charge is 0.305 e. The summed E-state index contributed by atoms with van der Waals surface area (Å²) in [6, 6.07) is 5.89. The summed E-state index contributed by atoms with van der Waals surface area (Å²) in [7, 11) is 0. The van der Waals surface area contributed by atoms with Gasteiger partial charge >= 0.3 is 0 Å². The van der Waals surface area contributed by atoms with Crippen LogP contribution in [0.25, 0.3) is 0 Å². The Bertz CT molecular complexity index is 717. The summed E-state index contributed by atoms with van der Waals surface area (Å²) in [5.41, 5.74) is 3.76. The van der Waals surface area contributed by atoms with Crippen molar-refractivity contribution in [2.75, 3.05) is 11.4 Å². The molecule has 0 N–H and O–H groups in total. The van der Waals surface area contributed by atoms with Crippen molar-refractivity contribution >= 4 is 11.6 Å². The maximum Gasteiger partial charge on any atom is 0.276 e. The van der Waals surface area contributed by atoms with Gasteiger partial charge in [0, 0.05) is 25.2 Å². The Morgan fingerprint density at radius 1 is 1.41 bits per heavy atom. The molecule has 0 atom stereocenters. The molecule has 0 bridgehead atoms. The van der Waals surface area contributed by atoms with Crippen LogP contribution in [0.5, 0.6) is 0 Å². The molecule has 0 aromatic carbocycles. The predicted octanol–water partition coefficient (Wildman–Crippen LogP) is 2.77. The van der Waals surface area contributed by atoms with Gasteiger partial charge in [-0.05, 0) is 50.8 Å². The Hall–Kier alpha value is -2.17. The first kappa shape index (κ1) is 13.5. The van der Waals surface area contributed by atoms with Crippen LogP contribution in [0.1, 0.15) is 54.0 Å². The second kappa shape index (κ2) is 5.23. The highest BCUT2D eigenvalue weighted by molar-refractivity contribution is 6.05. The van der Waals surface area contributed by atoms with Crippen molar-refractivity contribution in [2.24, 2.45) is 0 Å². The molecule has 5 nitrogen and oxygen atoms in total. The lowest BCUT2D eigenvalue weighted by Crippen LogP contribution is -2.37. The molecule has 22 heavy (non-hydrogen) atoms. The lowest BCUT2D eigenvalue weighted by Gasteiger charge is -2.28. The number of carbonyl (C=O) groups excluding carboxylic acids is 1. The monoisotopic (exact) mass is 296 g/mol. The Morgan fingerprint density at radius 3 is 3.05 bits per heavy atom. The number of hydrogen-bond acceptors (Lipinski definition) is 3. The highest BCUT2D eigenvalue weighted by Crippen LogP contribution is 2.39. The molecule has 1 aliphatic carbocycles. The van der Waals surface area contributed by atoms with E-state index in [0.717, 1.165) is 43.0 Å². The van der Waals surface area contributed by atoms with Crippen molar-refractivity contribution in [3.63, 3.8) is 0 Å². The molecule has 1 saturated carbocycles. The topological polar surface area (TPSA) is 51.0 Å². The van der Waals surface area contributed by atoms with Gasteiger partial charge in [-0.2, -0.15) is 5.10 Å². The quantitative estimate of drug-likeness (QED) is 0.875. The number of hydrogen-bond donors (Lipinski definition) is 0. The van der Waals surface area contributed by atoms with Crippen LogP contribution in [0.3, 0.4) is 0 Å². The average molecular weight is 296 g/mol. The van der Waals surface area contributed by atoms with Crippen LogP contribution in [0.2, 0.25) is 0 Å². The summed E-state index contributed by atoms with van der Waals surface area (Å²) in [5.74, 6) is 0.616. The number of carbonyl (C=O) groups is 1. The maximum atomic E-state index is 13.0. The van der Waals surface area contributed by atoms with Crippen molar-refractivity contribution < 1.29 is 4.79 Å². The number of aromatic nitrogens is 3. The van der Waals surface area contributed by atoms with Crippen molar-refractivity contribution in [3.05, 3.63) is 41.5 Å². The van der Waals surface area contributed by atoms with Crippen LogP contribution in [0, 0.1) is 0 Å². The van der Waals surface area contributed by atoms with Gasteiger partial charge in [0.05, 0.1) is 17.1 Å². The molecule has 2 aromatic heterocycles. The van der Waals surface area contributed by atoms with Crippen LogP contribution in [-0.4, -0.2) is 27.2 Å². The molecule has 0 saturated heterocycles. The first-order valence-electron chi connectivity index (χ1n) is 8.11. The van der Waals surface area contributed by atoms with Gasteiger partial charge in [0.25, 0.3) is 5.91 Å². The van der Waals surface area contributed by atoms with Crippen molar-refractivity contribution in [2.45, 2.75) is 45.1 Å². The lowest BCUT2D eigenvalue weighted by atomic mass is 10.1. The van der Waals surface area contributed by atoms with Crippen molar-refractivity contribution in [1.82, 2.24) is 14.8 Å². The van der Waals surface area contributed by atoms with Gasteiger partial charge in [-0.25, -0.2) is 0 Å². The predicted molar refractivity (Wildman–Crippen MR) is 84.1 cm³/mol. The summed E-state index contributed by atoms with van der Waals surface area (Å²) in [6.45, 7) is 3.51. The zero-order valence-electron chi connectivity index (χ0n) is 12.8. The SMILES string of the molecule is CCn1nc(C2CC2)cc1C(=O)N1CCCc2ncccc21. The third-order valence-corrected chi connectivity index (χ3v) is 4.51. The first-order chi connectivity index (χ1) is 10.8. The molecule has 0 radical (unpaired) electrons. The van der Waals surface area contributed by atoms with Crippen LogP contribution in [0.4, 0.5) is 5.69 Å². The third-order valence-electron chi connectivity index (χ3n) is 4.51. The summed E-state index contributed by atoms with van der Waals surface area (Å²) < 4.78 is 1.85. The Labute approximate surface area is 130 Å². The highest BCUT2D eigenvalue weighted by Gasteiger charge is 2.31. The van der Waals surface area contributed by atoms with Gasteiger partial charge in [0.15, 0.2) is 0 Å². The van der Waals surface area contributed by atoms with Crippen LogP contribution in [-0.2, 0) is 13.0 Å². The molecule has 3 heterocycles. The number of fused-ring (bicyclic) bond motifs is 1. The molecule has 2 aliphatic rings. The minimum Gasteiger partial charge on any atom is -0.305 e. The van der Waals surface area contributed by atoms with E-state index in [1.807, 2.05) is 34.7 Å². The third kappa shape index (κ3) is 2.21. The number of anilines is 1. The second-order valence-electron chi connectivity index (χ2n) is 6.07. The molecule has 1 aliphatic heterocycles. The number of rotatable bonds is 3. The van der Waals surface area contributed by atoms with E-state index in [9.17, 15) is 4.79 Å². The molecular formula is C17H20N4O. The standard InChI is InChI=1S/C17H20N4O/c1-2-21-16(11-14(19-21)12-7-8-12)17(22)20-10-4-5-13-15(20)6-3-9-18-13/h3,6,9,11-12H,2,4-5,7-8,10H2,1H3. The molecular weight excluding hydrogens is 276 g/mol. The minimum atomic E-state index is 0.0511. The van der Waals surface area contributed by atoms with Gasteiger partial charge < -0.3 is 4.90 Å². The zero-order chi connectivity index (χ0) is 15.1. The fourth-order valence-electron chi connectivity index (χ4n) is 3.17. The fourth-order valence-corrected chi connectivity index (χ4v) is 3.17. The van der Waals surface area contributed by atoms with E-state index in [1.165, 1.54) is 12.8 Å². The minimum absolute atomic E-state index is 0.0511. The molecule has 0 spiro atoms. The highest BCUT2D eigenvalue weighted by atomic mass is 16.2. The van der Waals surface area contributed by atoms with E-state index in [-0.39, 0.29) is 5.91 Å². The maximum absolute atomic E-state index is 13.0. The van der Waals surface area contributed by atoms with Gasteiger partial charge in [-0.3, -0.25) is 14.5 Å². The normalized spacial score (nSPS) is 17.4. The molecule has 114 valence electrons. The molecule has 4 rings (SSSR count). The Kier molecular flexibility index (Phi) is 3.21. The van der Waals surface area contributed by atoms with Crippen LogP contribution >= 0.6 is 0 Å². The van der Waals surface area contributed by atoms with Crippen LogP contribution < -0.4 is 4.90 Å². The number of nitrogens with zero attached hydrogens (tertiary/aromatic N) is 4. The van der Waals surface area contributed by atoms with E-state index in [1.54, 1.807) is 6.20 Å². The second-order valence-corrected chi connectivity index (χ2v) is 6.07. The molecule has 1 amide bonds. The van der Waals surface area contributed by atoms with E-state index in [0.29, 0.717) is 11.6 Å². The molecule has 0 unspecified atom stereocenters. The molecule has 1 fully saturated rings. The molecule has 2 aromatic rings. The summed E-state index contributed by atoms with van der Waals surface area (Å²) in [6.07, 6.45) is 6.11. The van der Waals surface area contributed by atoms with Gasteiger partial charge in [0.1, 0.15) is 5.69 Å². The van der Waals surface area contributed by atoms with E-state index < -0.39 is 0 Å². The number of pyridine rings is 1. The van der Waals surface area contributed by atoms with Crippen LogP contribution in [0.15, 0.2) is 24.4 Å². The lowest BCUT2D eigenvalue weighted by molar-refractivity contribution is 0.0974. The van der Waals surface area contributed by atoms with Gasteiger partial charge in [-0.15, -0.1) is 0 Å². The smallest absolute Gasteiger partial charge is 0.276 e. The Balaban J connectivity index is 1.70. The van der Waals surface area contributed by atoms with E-state index >= 15 is 0 Å². The first-order valence-corrected chi connectivity index (χ1v) is 8.11. The zero-order valence-corrected chi connectivity index (χ0v) is 12.8. The van der Waals surface area contributed by atoms with E-state index in [2.05, 4.69) is 10.1 Å². The number of amides is 1. The molecule has 5 heteroatoms.